The Labute approximate surface area is 128 Å². The molecule has 0 saturated heterocycles. The average molecular weight is 317 g/mol. The van der Waals surface area contributed by atoms with E-state index in [1.54, 1.807) is 0 Å². The number of halogens is 2. The van der Waals surface area contributed by atoms with E-state index in [4.69, 9.17) is 5.73 Å². The number of rotatable bonds is 3. The SMILES string of the molecule is COC(=O)c1ccc(F)c(NC(=O)C2CCC(N)C2)c1.Cl. The van der Waals surface area contributed by atoms with Crippen LogP contribution in [0.1, 0.15) is 29.6 Å². The minimum Gasteiger partial charge on any atom is -0.465 e. The molecule has 0 spiro atoms. The quantitative estimate of drug-likeness (QED) is 0.837. The lowest BCUT2D eigenvalue weighted by atomic mass is 10.1. The second-order valence-corrected chi connectivity index (χ2v) is 4.95. The highest BCUT2D eigenvalue weighted by atomic mass is 35.5. The lowest BCUT2D eigenvalue weighted by molar-refractivity contribution is -0.119. The van der Waals surface area contributed by atoms with E-state index in [1.165, 1.54) is 19.2 Å². The molecule has 5 nitrogen and oxygen atoms in total. The standard InChI is InChI=1S/C14H17FN2O3.ClH/c1-20-14(19)9-3-5-11(15)12(7-9)17-13(18)8-2-4-10(16)6-8;/h3,5,7-8,10H,2,4,6,16H2,1H3,(H,17,18);1H. The van der Waals surface area contributed by atoms with Gasteiger partial charge in [0.15, 0.2) is 0 Å². The van der Waals surface area contributed by atoms with E-state index in [9.17, 15) is 14.0 Å². The minimum atomic E-state index is -0.590. The number of nitrogens with one attached hydrogen (secondary N) is 1. The summed E-state index contributed by atoms with van der Waals surface area (Å²) < 4.78 is 18.2. The Kier molecular flexibility index (Phi) is 6.11. The monoisotopic (exact) mass is 316 g/mol. The molecule has 0 aliphatic heterocycles. The number of ether oxygens (including phenoxy) is 1. The molecule has 1 aliphatic rings. The third kappa shape index (κ3) is 4.15. The van der Waals surface area contributed by atoms with Gasteiger partial charge >= 0.3 is 5.97 Å². The molecular weight excluding hydrogens is 299 g/mol. The topological polar surface area (TPSA) is 81.4 Å². The Morgan fingerprint density at radius 3 is 2.67 bits per heavy atom. The number of anilines is 1. The molecule has 1 saturated carbocycles. The molecule has 0 heterocycles. The molecule has 7 heteroatoms. The summed E-state index contributed by atoms with van der Waals surface area (Å²) in [6.07, 6.45) is 2.10. The molecule has 1 fully saturated rings. The Bertz CT molecular complexity index is 539. The van der Waals surface area contributed by atoms with Crippen LogP contribution in [0.15, 0.2) is 18.2 Å². The van der Waals surface area contributed by atoms with Gasteiger partial charge in [-0.1, -0.05) is 0 Å². The summed E-state index contributed by atoms with van der Waals surface area (Å²) in [5.41, 5.74) is 5.92. The summed E-state index contributed by atoms with van der Waals surface area (Å²) in [5.74, 6) is -1.64. The van der Waals surface area contributed by atoms with Crippen LogP contribution in [-0.2, 0) is 9.53 Å². The van der Waals surface area contributed by atoms with Crippen molar-refractivity contribution in [3.05, 3.63) is 29.6 Å². The van der Waals surface area contributed by atoms with Crippen LogP contribution >= 0.6 is 12.4 Å². The van der Waals surface area contributed by atoms with Gasteiger partial charge in [-0.05, 0) is 37.5 Å². The van der Waals surface area contributed by atoms with E-state index in [-0.39, 0.29) is 41.5 Å². The first-order valence-corrected chi connectivity index (χ1v) is 6.45. The molecule has 3 N–H and O–H groups in total. The van der Waals surface area contributed by atoms with Gasteiger partial charge < -0.3 is 15.8 Å². The van der Waals surface area contributed by atoms with Crippen LogP contribution in [0.3, 0.4) is 0 Å². The first-order chi connectivity index (χ1) is 9.51. The number of esters is 1. The number of methoxy groups -OCH3 is 1. The van der Waals surface area contributed by atoms with Crippen LogP contribution in [0.4, 0.5) is 10.1 Å². The molecule has 1 aromatic rings. The molecule has 1 amide bonds. The summed E-state index contributed by atoms with van der Waals surface area (Å²) in [6, 6.07) is 3.73. The molecule has 1 aliphatic carbocycles. The zero-order chi connectivity index (χ0) is 14.7. The highest BCUT2D eigenvalue weighted by Gasteiger charge is 2.28. The second kappa shape index (κ2) is 7.38. The van der Waals surface area contributed by atoms with E-state index in [0.29, 0.717) is 12.8 Å². The van der Waals surface area contributed by atoms with Gasteiger partial charge in [-0.15, -0.1) is 12.4 Å². The highest BCUT2D eigenvalue weighted by Crippen LogP contribution is 2.26. The molecule has 0 aromatic heterocycles. The normalized spacial score (nSPS) is 20.5. The van der Waals surface area contributed by atoms with Gasteiger partial charge in [-0.2, -0.15) is 0 Å². The van der Waals surface area contributed by atoms with Crippen molar-refractivity contribution < 1.29 is 18.7 Å². The zero-order valence-corrected chi connectivity index (χ0v) is 12.4. The van der Waals surface area contributed by atoms with Crippen LogP contribution in [-0.4, -0.2) is 25.0 Å². The van der Waals surface area contributed by atoms with Gasteiger partial charge in [-0.3, -0.25) is 4.79 Å². The number of nitrogens with two attached hydrogens (primary N) is 1. The number of carbonyl (C=O) groups excluding carboxylic acids is 2. The number of amides is 1. The molecule has 21 heavy (non-hydrogen) atoms. The van der Waals surface area contributed by atoms with Crippen LogP contribution in [0.5, 0.6) is 0 Å². The van der Waals surface area contributed by atoms with Crippen LogP contribution in [0.2, 0.25) is 0 Å². The second-order valence-electron chi connectivity index (χ2n) is 4.95. The number of hydrogen-bond acceptors (Lipinski definition) is 4. The van der Waals surface area contributed by atoms with Crippen molar-refractivity contribution in [1.29, 1.82) is 0 Å². The lowest BCUT2D eigenvalue weighted by Gasteiger charge is -2.12. The lowest BCUT2D eigenvalue weighted by Crippen LogP contribution is -2.23. The maximum atomic E-state index is 13.7. The summed E-state index contributed by atoms with van der Waals surface area (Å²) in [5, 5.41) is 2.51. The number of benzene rings is 1. The Balaban J connectivity index is 0.00000220. The first-order valence-electron chi connectivity index (χ1n) is 6.45. The average Bonchev–Trinajstić information content (AvgIpc) is 2.87. The fourth-order valence-corrected chi connectivity index (χ4v) is 2.36. The maximum Gasteiger partial charge on any atom is 0.337 e. The summed E-state index contributed by atoms with van der Waals surface area (Å²) in [4.78, 5) is 23.4. The van der Waals surface area contributed by atoms with Crippen molar-refractivity contribution in [3.63, 3.8) is 0 Å². The smallest absolute Gasteiger partial charge is 0.337 e. The number of hydrogen-bond donors (Lipinski definition) is 2. The number of carbonyl (C=O) groups is 2. The van der Waals surface area contributed by atoms with E-state index in [2.05, 4.69) is 10.1 Å². The van der Waals surface area contributed by atoms with Gasteiger partial charge in [0.05, 0.1) is 18.4 Å². The summed E-state index contributed by atoms with van der Waals surface area (Å²) in [7, 11) is 1.24. The third-order valence-corrected chi connectivity index (χ3v) is 3.49. The van der Waals surface area contributed by atoms with Crippen LogP contribution in [0.25, 0.3) is 0 Å². The van der Waals surface area contributed by atoms with Gasteiger partial charge in [0.25, 0.3) is 0 Å². The van der Waals surface area contributed by atoms with E-state index >= 15 is 0 Å². The fraction of sp³-hybridized carbons (Fsp3) is 0.429. The van der Waals surface area contributed by atoms with Gasteiger partial charge in [-0.25, -0.2) is 9.18 Å². The highest BCUT2D eigenvalue weighted by molar-refractivity contribution is 5.95. The fourth-order valence-electron chi connectivity index (χ4n) is 2.36. The molecule has 2 rings (SSSR count). The Morgan fingerprint density at radius 2 is 2.10 bits per heavy atom. The van der Waals surface area contributed by atoms with E-state index < -0.39 is 11.8 Å². The van der Waals surface area contributed by atoms with Crippen LogP contribution in [0, 0.1) is 11.7 Å². The largest absolute Gasteiger partial charge is 0.465 e. The van der Waals surface area contributed by atoms with Gasteiger partial charge in [0, 0.05) is 12.0 Å². The zero-order valence-electron chi connectivity index (χ0n) is 11.6. The Morgan fingerprint density at radius 1 is 1.38 bits per heavy atom. The molecule has 2 atom stereocenters. The summed E-state index contributed by atoms with van der Waals surface area (Å²) in [6.45, 7) is 0. The van der Waals surface area contributed by atoms with Crippen molar-refractivity contribution in [2.24, 2.45) is 11.7 Å². The van der Waals surface area contributed by atoms with Gasteiger partial charge in [0.1, 0.15) is 5.82 Å². The van der Waals surface area contributed by atoms with Crippen molar-refractivity contribution in [2.45, 2.75) is 25.3 Å². The molecule has 2 unspecified atom stereocenters. The van der Waals surface area contributed by atoms with Gasteiger partial charge in [0.2, 0.25) is 5.91 Å². The molecular formula is C14H18ClFN2O3. The van der Waals surface area contributed by atoms with Crippen LogP contribution < -0.4 is 11.1 Å². The molecule has 116 valence electrons. The third-order valence-electron chi connectivity index (χ3n) is 3.49. The minimum absolute atomic E-state index is 0. The Hall–Kier alpha value is -1.66. The van der Waals surface area contributed by atoms with Crippen molar-refractivity contribution in [2.75, 3.05) is 12.4 Å². The maximum absolute atomic E-state index is 13.7. The van der Waals surface area contributed by atoms with E-state index in [0.717, 1.165) is 12.5 Å². The molecule has 0 radical (unpaired) electrons. The van der Waals surface area contributed by atoms with Crippen molar-refractivity contribution in [1.82, 2.24) is 0 Å². The predicted molar refractivity (Wildman–Crippen MR) is 78.9 cm³/mol. The molecule has 1 aromatic carbocycles. The first kappa shape index (κ1) is 17.4. The van der Waals surface area contributed by atoms with E-state index in [1.807, 2.05) is 0 Å². The summed E-state index contributed by atoms with van der Waals surface area (Å²) >= 11 is 0. The molecule has 0 bridgehead atoms. The van der Waals surface area contributed by atoms with Crippen molar-refractivity contribution in [3.8, 4) is 0 Å². The van der Waals surface area contributed by atoms with Crippen molar-refractivity contribution >= 4 is 30.0 Å². The predicted octanol–water partition coefficient (Wildman–Crippen LogP) is 2.10.